The zero-order valence-corrected chi connectivity index (χ0v) is 14.2. The first kappa shape index (κ1) is 16.4. The Kier molecular flexibility index (Phi) is 4.68. The van der Waals surface area contributed by atoms with Gasteiger partial charge in [-0.15, -0.1) is 6.58 Å². The standard InChI is InChI=1S/C15H29NO2Si/c1-8-9-10-12-13(11(2)17)14(18)16(12)19(6,7)15(3,4)5/h8,11-13,17H,1,9-10H2,2-7H3/t11-,12-,13-/m0/s1. The van der Waals surface area contributed by atoms with Gasteiger partial charge in [0.1, 0.15) is 0 Å². The van der Waals surface area contributed by atoms with Crippen molar-refractivity contribution in [2.45, 2.75) is 70.8 Å². The highest BCUT2D eigenvalue weighted by Gasteiger charge is 2.57. The Labute approximate surface area is 118 Å². The number of β-lactam (4-membered cyclic amide) rings is 1. The van der Waals surface area contributed by atoms with Crippen LogP contribution in [0.2, 0.25) is 18.1 Å². The van der Waals surface area contributed by atoms with Crippen molar-refractivity contribution in [1.82, 2.24) is 4.57 Å². The second-order valence-electron chi connectivity index (χ2n) is 7.22. The third kappa shape index (κ3) is 2.79. The van der Waals surface area contributed by atoms with Crippen molar-refractivity contribution in [3.63, 3.8) is 0 Å². The van der Waals surface area contributed by atoms with Gasteiger partial charge in [0.15, 0.2) is 8.24 Å². The molecule has 0 unspecified atom stereocenters. The molecule has 0 saturated carbocycles. The molecular weight excluding hydrogens is 254 g/mol. The molecule has 1 saturated heterocycles. The van der Waals surface area contributed by atoms with E-state index in [1.807, 2.05) is 6.08 Å². The van der Waals surface area contributed by atoms with E-state index in [9.17, 15) is 9.90 Å². The zero-order chi connectivity index (χ0) is 15.0. The van der Waals surface area contributed by atoms with E-state index >= 15 is 0 Å². The Morgan fingerprint density at radius 1 is 1.47 bits per heavy atom. The molecule has 1 amide bonds. The smallest absolute Gasteiger partial charge is 0.222 e. The van der Waals surface area contributed by atoms with E-state index in [0.717, 1.165) is 12.8 Å². The van der Waals surface area contributed by atoms with E-state index in [4.69, 9.17) is 0 Å². The highest BCUT2D eigenvalue weighted by Crippen LogP contribution is 2.46. The number of nitrogens with zero attached hydrogens (tertiary/aromatic N) is 1. The Bertz CT molecular complexity index is 358. The van der Waals surface area contributed by atoms with Gasteiger partial charge in [-0.1, -0.05) is 39.9 Å². The molecule has 4 heteroatoms. The molecule has 110 valence electrons. The molecule has 0 aromatic rings. The van der Waals surface area contributed by atoms with Crippen LogP contribution in [0.5, 0.6) is 0 Å². The Morgan fingerprint density at radius 3 is 2.37 bits per heavy atom. The SMILES string of the molecule is C=CCC[C@H]1[C@H]([C@H](C)O)C(=O)N1[Si](C)(C)C(C)(C)C. The summed E-state index contributed by atoms with van der Waals surface area (Å²) in [6.45, 7) is 16.6. The van der Waals surface area contributed by atoms with Crippen LogP contribution < -0.4 is 0 Å². The molecule has 19 heavy (non-hydrogen) atoms. The lowest BCUT2D eigenvalue weighted by Gasteiger charge is -2.59. The summed E-state index contributed by atoms with van der Waals surface area (Å²) in [5.74, 6) is -0.0651. The van der Waals surface area contributed by atoms with E-state index < -0.39 is 14.3 Å². The summed E-state index contributed by atoms with van der Waals surface area (Å²) in [6.07, 6.45) is 3.15. The van der Waals surface area contributed by atoms with E-state index in [2.05, 4.69) is 45.0 Å². The van der Waals surface area contributed by atoms with Crippen LogP contribution in [0.4, 0.5) is 0 Å². The molecule has 0 aromatic heterocycles. The first-order chi connectivity index (χ1) is 8.55. The van der Waals surface area contributed by atoms with Crippen molar-refractivity contribution >= 4 is 14.1 Å². The summed E-state index contributed by atoms with van der Waals surface area (Å²) < 4.78 is 2.12. The molecule has 0 bridgehead atoms. The number of aliphatic hydroxyl groups excluding tert-OH is 1. The second-order valence-corrected chi connectivity index (χ2v) is 12.3. The molecule has 0 radical (unpaired) electrons. The molecule has 1 aliphatic heterocycles. The molecule has 0 aromatic carbocycles. The van der Waals surface area contributed by atoms with Gasteiger partial charge >= 0.3 is 0 Å². The van der Waals surface area contributed by atoms with Gasteiger partial charge in [-0.05, 0) is 24.8 Å². The van der Waals surface area contributed by atoms with Crippen LogP contribution in [0.3, 0.4) is 0 Å². The van der Waals surface area contributed by atoms with Gasteiger partial charge in [-0.25, -0.2) is 0 Å². The largest absolute Gasteiger partial charge is 0.393 e. The summed E-state index contributed by atoms with van der Waals surface area (Å²) in [4.78, 5) is 12.4. The molecule has 1 rings (SSSR count). The first-order valence-corrected chi connectivity index (χ1v) is 10.1. The molecule has 1 aliphatic rings. The van der Waals surface area contributed by atoms with Crippen LogP contribution in [-0.4, -0.2) is 36.0 Å². The van der Waals surface area contributed by atoms with Crippen LogP contribution in [0.25, 0.3) is 0 Å². The minimum absolute atomic E-state index is 0.138. The molecule has 1 N–H and O–H groups in total. The lowest BCUT2D eigenvalue weighted by molar-refractivity contribution is -0.155. The van der Waals surface area contributed by atoms with Crippen LogP contribution >= 0.6 is 0 Å². The van der Waals surface area contributed by atoms with Gasteiger partial charge in [-0.2, -0.15) is 0 Å². The van der Waals surface area contributed by atoms with Crippen LogP contribution in [0, 0.1) is 5.92 Å². The minimum atomic E-state index is -1.85. The molecule has 1 fully saturated rings. The summed E-state index contributed by atoms with van der Waals surface area (Å²) >= 11 is 0. The minimum Gasteiger partial charge on any atom is -0.393 e. The van der Waals surface area contributed by atoms with Gasteiger partial charge in [0.2, 0.25) is 5.91 Å². The fourth-order valence-corrected chi connectivity index (χ4v) is 5.29. The van der Waals surface area contributed by atoms with Gasteiger partial charge in [0, 0.05) is 6.04 Å². The first-order valence-electron chi connectivity index (χ1n) is 7.18. The molecule has 3 nitrogen and oxygen atoms in total. The summed E-state index contributed by atoms with van der Waals surface area (Å²) in [7, 11) is -1.85. The van der Waals surface area contributed by atoms with Crippen molar-refractivity contribution in [2.24, 2.45) is 5.92 Å². The van der Waals surface area contributed by atoms with Crippen molar-refractivity contribution < 1.29 is 9.90 Å². The van der Waals surface area contributed by atoms with Crippen LogP contribution in [-0.2, 0) is 4.79 Å². The Hall–Kier alpha value is -0.613. The van der Waals surface area contributed by atoms with Crippen molar-refractivity contribution in [3.05, 3.63) is 12.7 Å². The summed E-state index contributed by atoms with van der Waals surface area (Å²) in [5.41, 5.74) is 0. The molecule has 0 aliphatic carbocycles. The maximum absolute atomic E-state index is 12.4. The van der Waals surface area contributed by atoms with Gasteiger partial charge in [0.25, 0.3) is 0 Å². The average molecular weight is 283 g/mol. The van der Waals surface area contributed by atoms with Gasteiger partial charge in [-0.3, -0.25) is 4.79 Å². The van der Waals surface area contributed by atoms with Crippen molar-refractivity contribution in [3.8, 4) is 0 Å². The number of carbonyl (C=O) groups excluding carboxylic acids is 1. The maximum atomic E-state index is 12.4. The maximum Gasteiger partial charge on any atom is 0.222 e. The fraction of sp³-hybridized carbons (Fsp3) is 0.800. The fourth-order valence-electron chi connectivity index (χ4n) is 2.74. The number of amides is 1. The third-order valence-corrected chi connectivity index (χ3v) is 10.3. The number of aliphatic hydroxyl groups is 1. The predicted octanol–water partition coefficient (Wildman–Crippen LogP) is 3.17. The van der Waals surface area contributed by atoms with Crippen molar-refractivity contribution in [1.29, 1.82) is 0 Å². The van der Waals surface area contributed by atoms with Gasteiger partial charge in [0.05, 0.1) is 12.0 Å². The molecule has 3 atom stereocenters. The summed E-state index contributed by atoms with van der Waals surface area (Å²) in [5, 5.41) is 9.98. The zero-order valence-electron chi connectivity index (χ0n) is 13.2. The van der Waals surface area contributed by atoms with Crippen LogP contribution in [0.1, 0.15) is 40.5 Å². The van der Waals surface area contributed by atoms with E-state index in [1.54, 1.807) is 6.92 Å². The van der Waals surface area contributed by atoms with Crippen LogP contribution in [0.15, 0.2) is 12.7 Å². The monoisotopic (exact) mass is 283 g/mol. The predicted molar refractivity (Wildman–Crippen MR) is 82.4 cm³/mol. The van der Waals surface area contributed by atoms with Crippen molar-refractivity contribution in [2.75, 3.05) is 0 Å². The Balaban J connectivity index is 2.99. The normalized spacial score (nSPS) is 26.1. The number of allylic oxidation sites excluding steroid dienone is 1. The lowest BCUT2D eigenvalue weighted by atomic mass is 9.83. The molecule has 1 heterocycles. The highest BCUT2D eigenvalue weighted by molar-refractivity contribution is 6.80. The number of hydrogen-bond donors (Lipinski definition) is 1. The number of rotatable bonds is 5. The topological polar surface area (TPSA) is 40.5 Å². The Morgan fingerprint density at radius 2 is 2.00 bits per heavy atom. The highest BCUT2D eigenvalue weighted by atomic mass is 28.3. The molecular formula is C15H29NO2Si. The summed E-state index contributed by atoms with van der Waals surface area (Å²) in [6, 6.07) is 0.186. The second kappa shape index (κ2) is 5.41. The average Bonchev–Trinajstić information content (AvgIpc) is 2.20. The van der Waals surface area contributed by atoms with E-state index in [0.29, 0.717) is 0 Å². The number of carbonyl (C=O) groups is 1. The lowest BCUT2D eigenvalue weighted by Crippen LogP contribution is -2.74. The third-order valence-electron chi connectivity index (χ3n) is 4.89. The van der Waals surface area contributed by atoms with E-state index in [-0.39, 0.29) is 22.9 Å². The number of hydrogen-bond acceptors (Lipinski definition) is 2. The van der Waals surface area contributed by atoms with Gasteiger partial charge < -0.3 is 9.67 Å². The van der Waals surface area contributed by atoms with E-state index in [1.165, 1.54) is 0 Å². The quantitative estimate of drug-likeness (QED) is 0.478. The molecule has 0 spiro atoms.